The Hall–Kier alpha value is -0.343. The van der Waals surface area contributed by atoms with Crippen LogP contribution in [0.2, 0.25) is 23.2 Å². The van der Waals surface area contributed by atoms with Crippen LogP contribution in [0.1, 0.15) is 89.0 Å². The topological polar surface area (TPSA) is 0 Å². The molecule has 1 heterocycles. The van der Waals surface area contributed by atoms with E-state index in [2.05, 4.69) is 6.92 Å². The van der Waals surface area contributed by atoms with Gasteiger partial charge in [0.05, 0.1) is 5.02 Å². The Morgan fingerprint density at radius 1 is 0.963 bits per heavy atom. The van der Waals surface area contributed by atoms with E-state index in [9.17, 15) is 4.39 Å². The minimum absolute atomic E-state index is 0.244. The van der Waals surface area contributed by atoms with Gasteiger partial charge < -0.3 is 0 Å². The lowest BCUT2D eigenvalue weighted by Crippen LogP contribution is -2.21. The molecule has 0 spiro atoms. The number of rotatable bonds is 8. The van der Waals surface area contributed by atoms with E-state index < -0.39 is 0 Å². The number of benzene rings is 1. The van der Waals surface area contributed by atoms with E-state index in [4.69, 9.17) is 11.6 Å². The van der Waals surface area contributed by atoms with E-state index in [1.165, 1.54) is 57.8 Å². The predicted octanol–water partition coefficient (Wildman–Crippen LogP) is 8.36. The fourth-order valence-corrected chi connectivity index (χ4v) is 9.32. The molecule has 1 aromatic carbocycles. The second-order valence-corrected chi connectivity index (χ2v) is 13.2. The monoisotopic (exact) mass is 408 g/mol. The van der Waals surface area contributed by atoms with Crippen molar-refractivity contribution in [1.29, 1.82) is 0 Å². The van der Waals surface area contributed by atoms with Crippen molar-refractivity contribution in [3.63, 3.8) is 0 Å². The largest absolute Gasteiger partial charge is 0.205 e. The molecule has 0 unspecified atom stereocenters. The summed E-state index contributed by atoms with van der Waals surface area (Å²) in [6.45, 7) is 2.36. The van der Waals surface area contributed by atoms with Gasteiger partial charge in [0.2, 0.25) is 0 Å². The van der Waals surface area contributed by atoms with Crippen molar-refractivity contribution in [2.45, 2.75) is 102 Å². The molecule has 152 valence electrons. The molecule has 0 atom stereocenters. The molecule has 0 aromatic heterocycles. The molecule has 0 amide bonds. The zero-order chi connectivity index (χ0) is 19.1. The first-order chi connectivity index (χ1) is 13.2. The summed E-state index contributed by atoms with van der Waals surface area (Å²) < 4.78 is 13.7. The van der Waals surface area contributed by atoms with Crippen molar-refractivity contribution >= 4 is 20.4 Å². The maximum absolute atomic E-state index is 13.7. The molecule has 2 aliphatic rings. The van der Waals surface area contributed by atoms with Crippen molar-refractivity contribution in [2.75, 3.05) is 0 Å². The number of halogens is 2. The Kier molecular flexibility index (Phi) is 8.71. The quantitative estimate of drug-likeness (QED) is 0.299. The third kappa shape index (κ3) is 6.60. The Bertz CT molecular complexity index is 559. The highest BCUT2D eigenvalue weighted by Crippen LogP contribution is 2.39. The molecule has 3 heteroatoms. The minimum Gasteiger partial charge on any atom is -0.205 e. The van der Waals surface area contributed by atoms with Crippen LogP contribution in [0.5, 0.6) is 0 Å². The third-order valence-electron chi connectivity index (χ3n) is 7.40. The van der Waals surface area contributed by atoms with Crippen LogP contribution in [0.4, 0.5) is 4.39 Å². The molecule has 1 aromatic rings. The standard InChI is InChI=1S/C24H38ClFSi/c1-2-15-27-16-13-20(14-17-27)6-4-3-5-19-7-9-21(10-8-19)22-11-12-23(25)24(26)18-22/h11-12,18-21,27H,2-10,13-17H2,1H3/t19-,20?,21-,27?. The first-order valence-corrected chi connectivity index (χ1v) is 14.4. The second kappa shape index (κ2) is 11.0. The van der Waals surface area contributed by atoms with Crippen molar-refractivity contribution in [1.82, 2.24) is 0 Å². The molecule has 1 saturated heterocycles. The van der Waals surface area contributed by atoms with Crippen LogP contribution in [0.25, 0.3) is 0 Å². The zero-order valence-electron chi connectivity index (χ0n) is 17.2. The number of hydrogen-bond acceptors (Lipinski definition) is 0. The Labute approximate surface area is 172 Å². The van der Waals surface area contributed by atoms with Gasteiger partial charge in [0.1, 0.15) is 5.82 Å². The van der Waals surface area contributed by atoms with Crippen molar-refractivity contribution < 1.29 is 4.39 Å². The first kappa shape index (κ1) is 21.4. The van der Waals surface area contributed by atoms with E-state index in [1.54, 1.807) is 43.1 Å². The van der Waals surface area contributed by atoms with Crippen LogP contribution < -0.4 is 0 Å². The summed E-state index contributed by atoms with van der Waals surface area (Å²) in [6.07, 6.45) is 15.4. The van der Waals surface area contributed by atoms with Gasteiger partial charge in [-0.3, -0.25) is 0 Å². The molecular weight excluding hydrogens is 371 g/mol. The minimum atomic E-state index is -0.298. The van der Waals surface area contributed by atoms with Gasteiger partial charge in [-0.15, -0.1) is 0 Å². The van der Waals surface area contributed by atoms with Gasteiger partial charge in [0.15, 0.2) is 0 Å². The summed E-state index contributed by atoms with van der Waals surface area (Å²) in [6, 6.07) is 10.3. The van der Waals surface area contributed by atoms with Gasteiger partial charge >= 0.3 is 0 Å². The molecular formula is C24H38ClFSi. The van der Waals surface area contributed by atoms with E-state index in [0.29, 0.717) is 5.92 Å². The highest BCUT2D eigenvalue weighted by Gasteiger charge is 2.24. The summed E-state index contributed by atoms with van der Waals surface area (Å²) in [5.41, 5.74) is 1.15. The van der Waals surface area contributed by atoms with E-state index in [0.717, 1.165) is 17.4 Å². The van der Waals surface area contributed by atoms with E-state index >= 15 is 0 Å². The first-order valence-electron chi connectivity index (χ1n) is 11.6. The Morgan fingerprint density at radius 2 is 1.59 bits per heavy atom. The summed E-state index contributed by atoms with van der Waals surface area (Å²) in [4.78, 5) is 0. The molecule has 1 saturated carbocycles. The molecule has 3 rings (SSSR count). The fourth-order valence-electron chi connectivity index (χ4n) is 5.63. The summed E-state index contributed by atoms with van der Waals surface area (Å²) >= 11 is 5.82. The lowest BCUT2D eigenvalue weighted by molar-refractivity contribution is 0.297. The summed E-state index contributed by atoms with van der Waals surface area (Å²) in [7, 11) is -0.298. The predicted molar refractivity (Wildman–Crippen MR) is 119 cm³/mol. The van der Waals surface area contributed by atoms with Crippen molar-refractivity contribution in [3.8, 4) is 0 Å². The van der Waals surface area contributed by atoms with Gasteiger partial charge in [-0.05, 0) is 61.1 Å². The lowest BCUT2D eigenvalue weighted by atomic mass is 9.77. The SMILES string of the molecule is CCC[SiH]1CCC(CCCC[C@H]2CC[C@H](c3ccc(Cl)c(F)c3)CC2)CC1. The highest BCUT2D eigenvalue weighted by molar-refractivity contribution is 6.58. The van der Waals surface area contributed by atoms with Gasteiger partial charge in [-0.25, -0.2) is 4.39 Å². The average Bonchev–Trinajstić information content (AvgIpc) is 2.69. The molecule has 2 fully saturated rings. The van der Waals surface area contributed by atoms with E-state index in [-0.39, 0.29) is 19.6 Å². The molecule has 0 radical (unpaired) electrons. The Balaban J connectivity index is 1.28. The van der Waals surface area contributed by atoms with Crippen molar-refractivity contribution in [2.24, 2.45) is 11.8 Å². The third-order valence-corrected chi connectivity index (χ3v) is 11.4. The average molecular weight is 409 g/mol. The van der Waals surface area contributed by atoms with Crippen molar-refractivity contribution in [3.05, 3.63) is 34.6 Å². The fraction of sp³-hybridized carbons (Fsp3) is 0.750. The summed E-state index contributed by atoms with van der Waals surface area (Å²) in [5, 5.41) is 0.244. The molecule has 0 N–H and O–H groups in total. The van der Waals surface area contributed by atoms with E-state index in [1.807, 2.05) is 6.07 Å². The van der Waals surface area contributed by atoms with Crippen LogP contribution in [0.3, 0.4) is 0 Å². The highest BCUT2D eigenvalue weighted by atomic mass is 35.5. The maximum Gasteiger partial charge on any atom is 0.142 e. The zero-order valence-corrected chi connectivity index (χ0v) is 19.1. The van der Waals surface area contributed by atoms with Gasteiger partial charge in [0, 0.05) is 8.80 Å². The molecule has 0 bridgehead atoms. The van der Waals surface area contributed by atoms with Crippen LogP contribution >= 0.6 is 11.6 Å². The molecule has 0 nitrogen and oxygen atoms in total. The van der Waals surface area contributed by atoms with Gasteiger partial charge in [0.25, 0.3) is 0 Å². The van der Waals surface area contributed by atoms with Crippen LogP contribution in [0.15, 0.2) is 18.2 Å². The molecule has 1 aliphatic heterocycles. The number of unbranched alkanes of at least 4 members (excludes halogenated alkanes) is 1. The summed E-state index contributed by atoms with van der Waals surface area (Å²) in [5.74, 6) is 2.24. The lowest BCUT2D eigenvalue weighted by Gasteiger charge is -2.29. The molecule has 1 aliphatic carbocycles. The smallest absolute Gasteiger partial charge is 0.142 e. The second-order valence-electron chi connectivity index (χ2n) is 9.35. The van der Waals surface area contributed by atoms with Crippen LogP contribution in [-0.2, 0) is 0 Å². The maximum atomic E-state index is 13.7. The number of hydrogen-bond donors (Lipinski definition) is 0. The van der Waals surface area contributed by atoms with Crippen LogP contribution in [0, 0.1) is 17.7 Å². The van der Waals surface area contributed by atoms with Gasteiger partial charge in [-0.1, -0.05) is 87.7 Å². The Morgan fingerprint density at radius 3 is 2.19 bits per heavy atom. The van der Waals surface area contributed by atoms with Crippen LogP contribution in [-0.4, -0.2) is 8.80 Å². The molecule has 27 heavy (non-hydrogen) atoms. The normalized spacial score (nSPS) is 29.0. The van der Waals surface area contributed by atoms with Gasteiger partial charge in [-0.2, -0.15) is 0 Å².